The molecule has 7 nitrogen and oxygen atoms in total. The quantitative estimate of drug-likeness (QED) is 0.341. The molecule has 0 heterocycles. The summed E-state index contributed by atoms with van der Waals surface area (Å²) < 4.78 is 15.2. The van der Waals surface area contributed by atoms with E-state index in [-0.39, 0.29) is 24.2 Å². The molecular weight excluding hydrogens is 372 g/mol. The fourth-order valence-corrected chi connectivity index (χ4v) is 2.77. The summed E-state index contributed by atoms with van der Waals surface area (Å²) in [4.78, 5) is 25.3. The first-order valence-corrected chi connectivity index (χ1v) is 8.58. The Morgan fingerprint density at radius 1 is 1.10 bits per heavy atom. The summed E-state index contributed by atoms with van der Waals surface area (Å²) in [5.41, 5.74) is -1.74. The number of hydrogen-bond donors (Lipinski definition) is 0. The van der Waals surface area contributed by atoms with Crippen molar-refractivity contribution in [2.75, 3.05) is 20.8 Å². The Morgan fingerprint density at radius 2 is 1.72 bits per heavy atom. The maximum Gasteiger partial charge on any atom is 0.339 e. The zero-order valence-corrected chi connectivity index (χ0v) is 16.4. The second kappa shape index (κ2) is 11.2. The summed E-state index contributed by atoms with van der Waals surface area (Å²) in [6.07, 6.45) is 1.15. The summed E-state index contributed by atoms with van der Waals surface area (Å²) >= 11 is 0. The van der Waals surface area contributed by atoms with Gasteiger partial charge in [-0.1, -0.05) is 42.5 Å². The fourth-order valence-electron chi connectivity index (χ4n) is 2.77. The number of hydrogen-bond acceptors (Lipinski definition) is 7. The zero-order valence-electron chi connectivity index (χ0n) is 16.4. The largest absolute Gasteiger partial charge is 0.467 e. The molecule has 0 N–H and O–H groups in total. The molecule has 0 saturated heterocycles. The van der Waals surface area contributed by atoms with Crippen LogP contribution in [0.25, 0.3) is 5.57 Å². The number of allylic oxidation sites excluding steroid dienone is 2. The Labute approximate surface area is 170 Å². The molecule has 1 unspecified atom stereocenters. The standard InChI is InChI=1S/C22H22N2O5/c1-5-12-22(14-23,15-24)18(16-10-8-7-9-11-16)17(20(25)27-3)19(21(26)28-4)29-13-6-2/h5-11,19H,1-2,12-13H2,3-4H3/b18-17+. The average Bonchev–Trinajstić information content (AvgIpc) is 2.77. The van der Waals surface area contributed by atoms with Gasteiger partial charge in [0.25, 0.3) is 0 Å². The third-order valence-corrected chi connectivity index (χ3v) is 4.05. The summed E-state index contributed by atoms with van der Waals surface area (Å²) in [7, 11) is 2.26. The molecule has 0 aromatic heterocycles. The predicted octanol–water partition coefficient (Wildman–Crippen LogP) is 2.97. The van der Waals surface area contributed by atoms with Crippen LogP contribution < -0.4 is 0 Å². The van der Waals surface area contributed by atoms with E-state index in [0.29, 0.717) is 5.56 Å². The molecular formula is C22H22N2O5. The molecule has 1 aromatic rings. The third kappa shape index (κ3) is 5.19. The van der Waals surface area contributed by atoms with Crippen LogP contribution >= 0.6 is 0 Å². The Kier molecular flexibility index (Phi) is 9.04. The van der Waals surface area contributed by atoms with E-state index in [1.165, 1.54) is 12.2 Å². The number of rotatable bonds is 10. The van der Waals surface area contributed by atoms with Crippen molar-refractivity contribution in [3.05, 3.63) is 66.8 Å². The molecule has 0 bridgehead atoms. The Bertz CT molecular complexity index is 861. The van der Waals surface area contributed by atoms with E-state index in [4.69, 9.17) is 14.2 Å². The topological polar surface area (TPSA) is 109 Å². The maximum absolute atomic E-state index is 12.8. The third-order valence-electron chi connectivity index (χ3n) is 4.05. The van der Waals surface area contributed by atoms with Crippen molar-refractivity contribution in [3.8, 4) is 12.1 Å². The molecule has 7 heteroatoms. The van der Waals surface area contributed by atoms with E-state index in [1.807, 2.05) is 12.1 Å². The number of benzene rings is 1. The van der Waals surface area contributed by atoms with Crippen LogP contribution in [0.2, 0.25) is 0 Å². The lowest BCUT2D eigenvalue weighted by Crippen LogP contribution is -2.35. The van der Waals surface area contributed by atoms with Crippen LogP contribution in [0, 0.1) is 28.1 Å². The van der Waals surface area contributed by atoms with Gasteiger partial charge in [0.2, 0.25) is 0 Å². The Hall–Kier alpha value is -3.68. The van der Waals surface area contributed by atoms with Crippen LogP contribution in [0.4, 0.5) is 0 Å². The molecule has 1 atom stereocenters. The SMILES string of the molecule is C=CCOC(C(=O)OC)/C(C(=O)OC)=C(/c1ccccc1)C(C#N)(C#N)CC=C. The van der Waals surface area contributed by atoms with Crippen LogP contribution in [0.5, 0.6) is 0 Å². The van der Waals surface area contributed by atoms with E-state index < -0.39 is 23.5 Å². The first kappa shape index (κ1) is 23.4. The van der Waals surface area contributed by atoms with Gasteiger partial charge in [0.1, 0.15) is 0 Å². The highest BCUT2D eigenvalue weighted by atomic mass is 16.6. The number of methoxy groups -OCH3 is 2. The lowest BCUT2D eigenvalue weighted by Gasteiger charge is -2.27. The second-order valence-corrected chi connectivity index (χ2v) is 5.79. The highest BCUT2D eigenvalue weighted by molar-refractivity contribution is 6.06. The van der Waals surface area contributed by atoms with Gasteiger partial charge in [-0.25, -0.2) is 9.59 Å². The normalized spacial score (nSPS) is 12.4. The van der Waals surface area contributed by atoms with Crippen molar-refractivity contribution in [3.63, 3.8) is 0 Å². The summed E-state index contributed by atoms with van der Waals surface area (Å²) in [5, 5.41) is 19.8. The fraction of sp³-hybridized carbons (Fsp3) is 0.273. The molecule has 1 rings (SSSR count). The monoisotopic (exact) mass is 394 g/mol. The zero-order chi connectivity index (χ0) is 21.9. The number of nitriles is 2. The highest BCUT2D eigenvalue weighted by Crippen LogP contribution is 2.42. The minimum Gasteiger partial charge on any atom is -0.467 e. The smallest absolute Gasteiger partial charge is 0.339 e. The lowest BCUT2D eigenvalue weighted by atomic mass is 9.73. The molecule has 0 aliphatic heterocycles. The molecule has 1 aromatic carbocycles. The molecule has 0 fully saturated rings. The molecule has 0 spiro atoms. The van der Waals surface area contributed by atoms with Gasteiger partial charge in [0.15, 0.2) is 11.5 Å². The van der Waals surface area contributed by atoms with Gasteiger partial charge >= 0.3 is 11.9 Å². The number of carbonyl (C=O) groups is 2. The summed E-state index contributed by atoms with van der Waals surface area (Å²) in [6, 6.07) is 12.3. The van der Waals surface area contributed by atoms with Crippen molar-refractivity contribution in [1.29, 1.82) is 10.5 Å². The van der Waals surface area contributed by atoms with Gasteiger partial charge in [0, 0.05) is 12.0 Å². The van der Waals surface area contributed by atoms with Gasteiger partial charge in [-0.3, -0.25) is 0 Å². The van der Waals surface area contributed by atoms with Crippen molar-refractivity contribution < 1.29 is 23.8 Å². The predicted molar refractivity (Wildman–Crippen MR) is 106 cm³/mol. The highest BCUT2D eigenvalue weighted by Gasteiger charge is 2.43. The van der Waals surface area contributed by atoms with Gasteiger partial charge in [-0.05, 0) is 5.56 Å². The second-order valence-electron chi connectivity index (χ2n) is 5.79. The molecule has 29 heavy (non-hydrogen) atoms. The van der Waals surface area contributed by atoms with Crippen molar-refractivity contribution in [2.24, 2.45) is 5.41 Å². The summed E-state index contributed by atoms with van der Waals surface area (Å²) in [5.74, 6) is -1.81. The Morgan fingerprint density at radius 3 is 2.17 bits per heavy atom. The van der Waals surface area contributed by atoms with Crippen molar-refractivity contribution in [2.45, 2.75) is 12.5 Å². The minimum absolute atomic E-state index is 0.00527. The lowest BCUT2D eigenvalue weighted by molar-refractivity contribution is -0.154. The number of nitrogens with zero attached hydrogens (tertiary/aromatic N) is 2. The average molecular weight is 394 g/mol. The minimum atomic E-state index is -1.82. The van der Waals surface area contributed by atoms with Crippen LogP contribution in [-0.2, 0) is 23.8 Å². The van der Waals surface area contributed by atoms with Crippen LogP contribution in [0.3, 0.4) is 0 Å². The molecule has 0 saturated carbocycles. The van der Waals surface area contributed by atoms with Crippen molar-refractivity contribution in [1.82, 2.24) is 0 Å². The number of ether oxygens (including phenoxy) is 3. The van der Waals surface area contributed by atoms with E-state index in [9.17, 15) is 20.1 Å². The molecule has 0 aliphatic rings. The summed E-state index contributed by atoms with van der Waals surface area (Å²) in [6.45, 7) is 7.05. The van der Waals surface area contributed by atoms with Crippen LogP contribution in [-0.4, -0.2) is 38.9 Å². The molecule has 150 valence electrons. The van der Waals surface area contributed by atoms with Crippen molar-refractivity contribution >= 4 is 17.5 Å². The first-order chi connectivity index (χ1) is 14.0. The van der Waals surface area contributed by atoms with E-state index in [2.05, 4.69) is 13.2 Å². The Balaban J connectivity index is 4.08. The van der Waals surface area contributed by atoms with E-state index in [0.717, 1.165) is 14.2 Å². The van der Waals surface area contributed by atoms with Gasteiger partial charge < -0.3 is 14.2 Å². The maximum atomic E-state index is 12.8. The number of esters is 2. The van der Waals surface area contributed by atoms with Gasteiger partial charge in [0.05, 0.1) is 38.5 Å². The van der Waals surface area contributed by atoms with E-state index in [1.54, 1.807) is 30.3 Å². The first-order valence-electron chi connectivity index (χ1n) is 8.58. The molecule has 0 aliphatic carbocycles. The van der Waals surface area contributed by atoms with Gasteiger partial charge in [-0.2, -0.15) is 10.5 Å². The van der Waals surface area contributed by atoms with Crippen LogP contribution in [0.1, 0.15) is 12.0 Å². The molecule has 0 radical (unpaired) electrons. The number of carbonyl (C=O) groups excluding carboxylic acids is 2. The van der Waals surface area contributed by atoms with Crippen LogP contribution in [0.15, 0.2) is 61.2 Å². The van der Waals surface area contributed by atoms with E-state index >= 15 is 0 Å². The van der Waals surface area contributed by atoms with Gasteiger partial charge in [-0.15, -0.1) is 13.2 Å². The molecule has 0 amide bonds.